The minimum atomic E-state index is -0.347. The van der Waals surface area contributed by atoms with Crippen LogP contribution < -0.4 is 4.80 Å². The predicted octanol–water partition coefficient (Wildman–Crippen LogP) is 5.44. The van der Waals surface area contributed by atoms with Crippen molar-refractivity contribution < 1.29 is 9.53 Å². The van der Waals surface area contributed by atoms with E-state index in [0.717, 1.165) is 10.2 Å². The van der Waals surface area contributed by atoms with Gasteiger partial charge in [-0.25, -0.2) is 0 Å². The highest BCUT2D eigenvalue weighted by atomic mass is 35.5. The third-order valence-corrected chi connectivity index (χ3v) is 5.43. The summed E-state index contributed by atoms with van der Waals surface area (Å²) in [5.74, 6) is -0.347. The number of carbonyl (C=O) groups is 1. The van der Waals surface area contributed by atoms with Crippen molar-refractivity contribution >= 4 is 62.3 Å². The van der Waals surface area contributed by atoms with Crippen molar-refractivity contribution in [3.63, 3.8) is 0 Å². The van der Waals surface area contributed by atoms with Crippen LogP contribution in [0.2, 0.25) is 15.1 Å². The molecule has 136 valence electrons. The van der Waals surface area contributed by atoms with Crippen LogP contribution in [0.4, 0.5) is 0 Å². The van der Waals surface area contributed by atoms with Crippen LogP contribution in [-0.4, -0.2) is 23.7 Å². The van der Waals surface area contributed by atoms with E-state index < -0.39 is 0 Å². The van der Waals surface area contributed by atoms with Gasteiger partial charge < -0.3 is 9.30 Å². The first-order valence-electron chi connectivity index (χ1n) is 7.90. The summed E-state index contributed by atoms with van der Waals surface area (Å²) >= 11 is 19.7. The first kappa shape index (κ1) is 19.4. The number of carbonyl (C=O) groups excluding carboxylic acids is 1. The van der Waals surface area contributed by atoms with Gasteiger partial charge >= 0.3 is 0 Å². The number of hydrogen-bond donors (Lipinski definition) is 0. The van der Waals surface area contributed by atoms with Crippen molar-refractivity contribution in [1.82, 2.24) is 4.57 Å². The smallest absolute Gasteiger partial charge is 0.279 e. The van der Waals surface area contributed by atoms with Crippen LogP contribution in [0.15, 0.2) is 41.4 Å². The molecule has 0 fully saturated rings. The molecule has 8 heteroatoms. The molecule has 0 saturated carbocycles. The summed E-state index contributed by atoms with van der Waals surface area (Å²) in [4.78, 5) is 17.4. The summed E-state index contributed by atoms with van der Waals surface area (Å²) in [6, 6.07) is 10.1. The van der Waals surface area contributed by atoms with Crippen LogP contribution in [0.3, 0.4) is 0 Å². The maximum Gasteiger partial charge on any atom is 0.279 e. The molecule has 26 heavy (non-hydrogen) atoms. The Morgan fingerprint density at radius 2 is 1.88 bits per heavy atom. The van der Waals surface area contributed by atoms with E-state index in [0.29, 0.717) is 45.2 Å². The van der Waals surface area contributed by atoms with Gasteiger partial charge in [-0.15, -0.1) is 0 Å². The van der Waals surface area contributed by atoms with Crippen LogP contribution >= 0.6 is 46.1 Å². The van der Waals surface area contributed by atoms with Crippen molar-refractivity contribution in [2.75, 3.05) is 13.2 Å². The van der Waals surface area contributed by atoms with Crippen molar-refractivity contribution in [1.29, 1.82) is 0 Å². The highest BCUT2D eigenvalue weighted by Crippen LogP contribution is 2.29. The number of thiazole rings is 1. The van der Waals surface area contributed by atoms with Crippen LogP contribution in [0.1, 0.15) is 17.3 Å². The average Bonchev–Trinajstić information content (AvgIpc) is 2.93. The quantitative estimate of drug-likeness (QED) is 0.507. The maximum absolute atomic E-state index is 12.5. The highest BCUT2D eigenvalue weighted by molar-refractivity contribution is 7.16. The molecule has 0 atom stereocenters. The normalized spacial score (nSPS) is 12.1. The topological polar surface area (TPSA) is 43.6 Å². The molecule has 0 saturated heterocycles. The first-order valence-corrected chi connectivity index (χ1v) is 9.85. The van der Waals surface area contributed by atoms with Gasteiger partial charge in [0.15, 0.2) is 4.80 Å². The van der Waals surface area contributed by atoms with Gasteiger partial charge in [0.1, 0.15) is 0 Å². The molecule has 3 aromatic rings. The number of rotatable bonds is 5. The zero-order valence-corrected chi connectivity index (χ0v) is 16.9. The molecule has 0 spiro atoms. The summed E-state index contributed by atoms with van der Waals surface area (Å²) in [6.45, 7) is 3.56. The summed E-state index contributed by atoms with van der Waals surface area (Å²) in [5.41, 5.74) is 1.26. The zero-order chi connectivity index (χ0) is 18.7. The van der Waals surface area contributed by atoms with Crippen LogP contribution in [0.5, 0.6) is 0 Å². The summed E-state index contributed by atoms with van der Waals surface area (Å²) in [5, 5.41) is 1.62. The highest BCUT2D eigenvalue weighted by Gasteiger charge is 2.13. The average molecular weight is 430 g/mol. The van der Waals surface area contributed by atoms with Gasteiger partial charge in [0.05, 0.1) is 21.8 Å². The second-order valence-electron chi connectivity index (χ2n) is 5.39. The first-order chi connectivity index (χ1) is 12.5. The molecular formula is C18H15Cl3N2O2S. The Morgan fingerprint density at radius 3 is 2.58 bits per heavy atom. The van der Waals surface area contributed by atoms with E-state index in [1.807, 2.05) is 17.6 Å². The summed E-state index contributed by atoms with van der Waals surface area (Å²) in [6.07, 6.45) is 0. The van der Waals surface area contributed by atoms with Crippen LogP contribution in [0, 0.1) is 0 Å². The second kappa shape index (κ2) is 8.55. The monoisotopic (exact) mass is 428 g/mol. The molecule has 0 aliphatic carbocycles. The minimum Gasteiger partial charge on any atom is -0.380 e. The lowest BCUT2D eigenvalue weighted by Crippen LogP contribution is -2.20. The SMILES string of the molecule is CCOCCn1c(=NC(=O)c2ccc(Cl)cc2)sc2cc(Cl)cc(Cl)c21. The van der Waals surface area contributed by atoms with Crippen LogP contribution in [0.25, 0.3) is 10.2 Å². The third-order valence-electron chi connectivity index (χ3n) is 3.65. The Balaban J connectivity index is 2.10. The molecular weight excluding hydrogens is 415 g/mol. The number of amides is 1. The number of benzene rings is 2. The Morgan fingerprint density at radius 1 is 1.15 bits per heavy atom. The second-order valence-corrected chi connectivity index (χ2v) is 7.68. The molecule has 0 radical (unpaired) electrons. The summed E-state index contributed by atoms with van der Waals surface area (Å²) in [7, 11) is 0. The molecule has 1 heterocycles. The van der Waals surface area contributed by atoms with E-state index in [9.17, 15) is 4.79 Å². The zero-order valence-electron chi connectivity index (χ0n) is 13.8. The number of hydrogen-bond acceptors (Lipinski definition) is 3. The standard InChI is InChI=1S/C18H15Cl3N2O2S/c1-2-25-8-7-23-16-14(21)9-13(20)10-15(16)26-18(23)22-17(24)11-3-5-12(19)6-4-11/h3-6,9-10H,2,7-8H2,1H3. The van der Waals surface area contributed by atoms with E-state index in [2.05, 4.69) is 4.99 Å². The number of halogens is 3. The third kappa shape index (κ3) is 4.30. The largest absolute Gasteiger partial charge is 0.380 e. The number of fused-ring (bicyclic) bond motifs is 1. The summed E-state index contributed by atoms with van der Waals surface area (Å²) < 4.78 is 8.20. The predicted molar refractivity (Wildman–Crippen MR) is 108 cm³/mol. The van der Waals surface area contributed by atoms with E-state index in [1.165, 1.54) is 11.3 Å². The van der Waals surface area contributed by atoms with E-state index >= 15 is 0 Å². The van der Waals surface area contributed by atoms with Crippen molar-refractivity contribution in [2.24, 2.45) is 4.99 Å². The number of nitrogens with zero attached hydrogens (tertiary/aromatic N) is 2. The lowest BCUT2D eigenvalue weighted by Gasteiger charge is -2.07. The van der Waals surface area contributed by atoms with Gasteiger partial charge in [0.2, 0.25) is 0 Å². The van der Waals surface area contributed by atoms with E-state index in [-0.39, 0.29) is 5.91 Å². The molecule has 1 aromatic heterocycles. The Labute approximate surface area is 169 Å². The molecule has 0 aliphatic rings. The van der Waals surface area contributed by atoms with Gasteiger partial charge in [-0.3, -0.25) is 4.79 Å². The fraction of sp³-hybridized carbons (Fsp3) is 0.222. The van der Waals surface area contributed by atoms with E-state index in [1.54, 1.807) is 30.3 Å². The Hall–Kier alpha value is -1.37. The van der Waals surface area contributed by atoms with Gasteiger partial charge in [0, 0.05) is 28.8 Å². The fourth-order valence-corrected chi connectivity index (χ4v) is 4.43. The van der Waals surface area contributed by atoms with Gasteiger partial charge in [-0.2, -0.15) is 4.99 Å². The fourth-order valence-electron chi connectivity index (χ4n) is 2.47. The van der Waals surface area contributed by atoms with Gasteiger partial charge in [-0.1, -0.05) is 46.1 Å². The van der Waals surface area contributed by atoms with Crippen molar-refractivity contribution in [2.45, 2.75) is 13.5 Å². The lowest BCUT2D eigenvalue weighted by atomic mass is 10.2. The Kier molecular flexibility index (Phi) is 6.37. The molecule has 0 N–H and O–H groups in total. The molecule has 3 rings (SSSR count). The van der Waals surface area contributed by atoms with Crippen LogP contribution in [-0.2, 0) is 11.3 Å². The van der Waals surface area contributed by atoms with Gasteiger partial charge in [-0.05, 0) is 43.3 Å². The molecule has 0 bridgehead atoms. The van der Waals surface area contributed by atoms with E-state index in [4.69, 9.17) is 39.5 Å². The molecule has 0 unspecified atom stereocenters. The molecule has 2 aromatic carbocycles. The maximum atomic E-state index is 12.5. The van der Waals surface area contributed by atoms with Gasteiger partial charge in [0.25, 0.3) is 5.91 Å². The number of ether oxygens (including phenoxy) is 1. The molecule has 0 aliphatic heterocycles. The minimum absolute atomic E-state index is 0.347. The van der Waals surface area contributed by atoms with Crippen molar-refractivity contribution in [3.05, 3.63) is 61.8 Å². The Bertz CT molecular complexity index is 1010. The van der Waals surface area contributed by atoms with Crippen molar-refractivity contribution in [3.8, 4) is 0 Å². The molecule has 4 nitrogen and oxygen atoms in total. The lowest BCUT2D eigenvalue weighted by molar-refractivity contribution is 0.0996. The number of aromatic nitrogens is 1. The molecule has 1 amide bonds.